The molecule has 0 fully saturated rings. The fraction of sp³-hybridized carbons (Fsp3) is 0.500. The van der Waals surface area contributed by atoms with Crippen LogP contribution in [0.15, 0.2) is 18.2 Å². The number of thiazole rings is 1. The van der Waals surface area contributed by atoms with E-state index in [1.54, 1.807) is 7.11 Å². The molecule has 3 heteroatoms. The predicted octanol–water partition coefficient (Wildman–Crippen LogP) is 3.70. The topological polar surface area (TPSA) is 13.1 Å². The first-order valence-corrected chi connectivity index (χ1v) is 7.05. The summed E-state index contributed by atoms with van der Waals surface area (Å²) in [6.45, 7) is 5.56. The molecule has 0 saturated carbocycles. The van der Waals surface area contributed by atoms with Crippen LogP contribution in [-0.4, -0.2) is 7.11 Å². The van der Waals surface area contributed by atoms with Gasteiger partial charge < -0.3 is 4.74 Å². The van der Waals surface area contributed by atoms with Gasteiger partial charge in [-0.15, -0.1) is 0 Å². The van der Waals surface area contributed by atoms with Gasteiger partial charge in [-0.3, -0.25) is 0 Å². The van der Waals surface area contributed by atoms with Crippen molar-refractivity contribution < 1.29 is 9.30 Å². The summed E-state index contributed by atoms with van der Waals surface area (Å²) in [6, 6.07) is 6.33. The molecule has 0 aliphatic carbocycles. The van der Waals surface area contributed by atoms with E-state index in [0.29, 0.717) is 0 Å². The minimum Gasteiger partial charge on any atom is -0.497 e. The zero-order chi connectivity index (χ0) is 12.3. The molecular formula is C14H20NOS+. The Morgan fingerprint density at radius 1 is 1.29 bits per heavy atom. The molecule has 92 valence electrons. The lowest BCUT2D eigenvalue weighted by atomic mass is 10.2. The summed E-state index contributed by atoms with van der Waals surface area (Å²) in [5.41, 5.74) is 1.31. The summed E-state index contributed by atoms with van der Waals surface area (Å²) in [6.07, 6.45) is 3.82. The van der Waals surface area contributed by atoms with Crippen molar-refractivity contribution in [3.05, 3.63) is 23.2 Å². The Morgan fingerprint density at radius 3 is 2.82 bits per heavy atom. The molecule has 0 amide bonds. The van der Waals surface area contributed by atoms with E-state index < -0.39 is 0 Å². The van der Waals surface area contributed by atoms with Gasteiger partial charge >= 0.3 is 0 Å². The van der Waals surface area contributed by atoms with Gasteiger partial charge in [-0.2, -0.15) is 4.57 Å². The van der Waals surface area contributed by atoms with Crippen LogP contribution < -0.4 is 9.30 Å². The highest BCUT2D eigenvalue weighted by atomic mass is 32.1. The minimum atomic E-state index is 0.944. The maximum atomic E-state index is 5.30. The quantitative estimate of drug-likeness (QED) is 0.582. The van der Waals surface area contributed by atoms with Crippen molar-refractivity contribution in [1.29, 1.82) is 0 Å². The SMILES string of the molecule is CCCCC[n+]1c(C)sc2ccc(OC)cc21. The molecule has 0 spiro atoms. The molecule has 0 atom stereocenters. The van der Waals surface area contributed by atoms with E-state index in [-0.39, 0.29) is 0 Å². The van der Waals surface area contributed by atoms with E-state index in [9.17, 15) is 0 Å². The molecule has 0 aliphatic rings. The summed E-state index contributed by atoms with van der Waals surface area (Å²) in [5.74, 6) is 0.944. The Morgan fingerprint density at radius 2 is 2.12 bits per heavy atom. The van der Waals surface area contributed by atoms with Crippen molar-refractivity contribution in [3.8, 4) is 5.75 Å². The van der Waals surface area contributed by atoms with Gasteiger partial charge in [-0.1, -0.05) is 24.7 Å². The van der Waals surface area contributed by atoms with Gasteiger partial charge in [0.05, 0.1) is 13.2 Å². The second-order valence-corrected chi connectivity index (χ2v) is 5.55. The highest BCUT2D eigenvalue weighted by Gasteiger charge is 2.17. The summed E-state index contributed by atoms with van der Waals surface area (Å²) in [5, 5.41) is 1.38. The third-order valence-electron chi connectivity index (χ3n) is 3.08. The van der Waals surface area contributed by atoms with Gasteiger partial charge in [0, 0.05) is 13.3 Å². The number of fused-ring (bicyclic) bond motifs is 1. The number of aromatic nitrogens is 1. The van der Waals surface area contributed by atoms with Gasteiger partial charge in [-0.25, -0.2) is 0 Å². The number of nitrogens with zero attached hydrogens (tertiary/aromatic N) is 1. The largest absolute Gasteiger partial charge is 0.497 e. The molecule has 2 aromatic rings. The van der Waals surface area contributed by atoms with E-state index in [4.69, 9.17) is 4.74 Å². The average Bonchev–Trinajstić information content (AvgIpc) is 2.65. The molecule has 0 N–H and O–H groups in total. The maximum Gasteiger partial charge on any atom is 0.235 e. The minimum absolute atomic E-state index is 0.944. The lowest BCUT2D eigenvalue weighted by molar-refractivity contribution is -0.673. The van der Waals surface area contributed by atoms with Crippen LogP contribution in [0.3, 0.4) is 0 Å². The lowest BCUT2D eigenvalue weighted by Gasteiger charge is -1.99. The number of aryl methyl sites for hydroxylation is 2. The second kappa shape index (κ2) is 5.50. The zero-order valence-corrected chi connectivity index (χ0v) is 11.6. The Kier molecular flexibility index (Phi) is 4.00. The van der Waals surface area contributed by atoms with Gasteiger partial charge in [0.15, 0.2) is 0 Å². The van der Waals surface area contributed by atoms with Crippen LogP contribution in [0.25, 0.3) is 10.2 Å². The number of hydrogen-bond donors (Lipinski definition) is 0. The molecule has 0 unspecified atom stereocenters. The monoisotopic (exact) mass is 250 g/mol. The van der Waals surface area contributed by atoms with E-state index in [2.05, 4.69) is 30.5 Å². The van der Waals surface area contributed by atoms with Gasteiger partial charge in [0.25, 0.3) is 0 Å². The molecule has 17 heavy (non-hydrogen) atoms. The van der Waals surface area contributed by atoms with E-state index in [1.165, 1.54) is 34.5 Å². The number of unbranched alkanes of at least 4 members (excludes halogenated alkanes) is 2. The molecule has 2 nitrogen and oxygen atoms in total. The normalized spacial score (nSPS) is 11.0. The first-order valence-electron chi connectivity index (χ1n) is 6.23. The highest BCUT2D eigenvalue weighted by Crippen LogP contribution is 2.24. The summed E-state index contributed by atoms with van der Waals surface area (Å²) < 4.78 is 9.07. The zero-order valence-electron chi connectivity index (χ0n) is 10.8. The smallest absolute Gasteiger partial charge is 0.235 e. The fourth-order valence-electron chi connectivity index (χ4n) is 2.10. The van der Waals surface area contributed by atoms with Crippen molar-refractivity contribution in [2.75, 3.05) is 7.11 Å². The van der Waals surface area contributed by atoms with Crippen LogP contribution in [0.1, 0.15) is 31.2 Å². The first kappa shape index (κ1) is 12.4. The second-order valence-electron chi connectivity index (χ2n) is 4.31. The average molecular weight is 250 g/mol. The van der Waals surface area contributed by atoms with Crippen LogP contribution in [0.5, 0.6) is 5.75 Å². The van der Waals surface area contributed by atoms with Crippen LogP contribution in [0.4, 0.5) is 0 Å². The van der Waals surface area contributed by atoms with Crippen molar-refractivity contribution >= 4 is 21.6 Å². The Hall–Kier alpha value is -1.09. The molecule has 0 radical (unpaired) electrons. The molecule has 1 aromatic heterocycles. The first-order chi connectivity index (χ1) is 8.26. The van der Waals surface area contributed by atoms with E-state index in [0.717, 1.165) is 12.3 Å². The lowest BCUT2D eigenvalue weighted by Crippen LogP contribution is -2.34. The number of ether oxygens (including phenoxy) is 1. The number of methoxy groups -OCH3 is 1. The number of rotatable bonds is 5. The van der Waals surface area contributed by atoms with E-state index in [1.807, 2.05) is 17.4 Å². The molecule has 1 heterocycles. The maximum absolute atomic E-state index is 5.30. The van der Waals surface area contributed by atoms with Crippen molar-refractivity contribution in [2.24, 2.45) is 0 Å². The van der Waals surface area contributed by atoms with Crippen molar-refractivity contribution in [2.45, 2.75) is 39.7 Å². The standard InChI is InChI=1S/C14H20NOS/c1-4-5-6-9-15-11(2)17-14-8-7-12(16-3)10-13(14)15/h7-8,10H,4-6,9H2,1-3H3/q+1. The Balaban J connectivity index is 2.34. The third-order valence-corrected chi connectivity index (χ3v) is 4.16. The number of benzene rings is 1. The molecule has 2 rings (SSSR count). The summed E-state index contributed by atoms with van der Waals surface area (Å²) in [4.78, 5) is 0. The molecular weight excluding hydrogens is 230 g/mol. The van der Waals surface area contributed by atoms with Crippen LogP contribution in [-0.2, 0) is 6.54 Å². The van der Waals surface area contributed by atoms with Crippen LogP contribution in [0, 0.1) is 6.92 Å². The number of hydrogen-bond acceptors (Lipinski definition) is 2. The molecule has 0 aliphatic heterocycles. The van der Waals surface area contributed by atoms with Crippen LogP contribution in [0.2, 0.25) is 0 Å². The molecule has 0 bridgehead atoms. The Bertz CT molecular complexity index is 504. The van der Waals surface area contributed by atoms with Gasteiger partial charge in [0.2, 0.25) is 10.5 Å². The predicted molar refractivity (Wildman–Crippen MR) is 72.8 cm³/mol. The molecule has 1 aromatic carbocycles. The molecule has 0 saturated heterocycles. The van der Waals surface area contributed by atoms with Gasteiger partial charge in [-0.05, 0) is 18.6 Å². The van der Waals surface area contributed by atoms with Crippen molar-refractivity contribution in [1.82, 2.24) is 0 Å². The van der Waals surface area contributed by atoms with Crippen LogP contribution >= 0.6 is 11.3 Å². The van der Waals surface area contributed by atoms with Gasteiger partial charge in [0.1, 0.15) is 17.0 Å². The fourth-order valence-corrected chi connectivity index (χ4v) is 3.13. The third kappa shape index (κ3) is 2.60. The van der Waals surface area contributed by atoms with Crippen molar-refractivity contribution in [3.63, 3.8) is 0 Å². The van der Waals surface area contributed by atoms with E-state index >= 15 is 0 Å². The summed E-state index contributed by atoms with van der Waals surface area (Å²) in [7, 11) is 1.72. The summed E-state index contributed by atoms with van der Waals surface area (Å²) >= 11 is 1.86. The Labute approximate surface area is 107 Å². The highest BCUT2D eigenvalue weighted by molar-refractivity contribution is 7.18.